The third kappa shape index (κ3) is 2.54. The van der Waals surface area contributed by atoms with E-state index in [4.69, 9.17) is 9.56 Å². The van der Waals surface area contributed by atoms with Crippen molar-refractivity contribution in [2.24, 2.45) is 5.14 Å². The molecule has 0 saturated heterocycles. The summed E-state index contributed by atoms with van der Waals surface area (Å²) in [5.41, 5.74) is 1.45. The number of para-hydroxylation sites is 1. The summed E-state index contributed by atoms with van der Waals surface area (Å²) in [6.45, 7) is 0. The number of primary sulfonamides is 1. The number of carbonyl (C=O) groups excluding carboxylic acids is 1. The van der Waals surface area contributed by atoms with Crippen LogP contribution in [0.1, 0.15) is 10.6 Å². The van der Waals surface area contributed by atoms with Gasteiger partial charge in [0.25, 0.3) is 15.9 Å². The maximum Gasteiger partial charge on any atom is 0.291 e. The monoisotopic (exact) mass is 305 g/mol. The van der Waals surface area contributed by atoms with E-state index in [1.165, 1.54) is 6.07 Å². The molecule has 2 heterocycles. The zero-order chi connectivity index (χ0) is 15.0. The molecule has 0 aliphatic heterocycles. The molecule has 0 radical (unpaired) electrons. The molecule has 21 heavy (non-hydrogen) atoms. The quantitative estimate of drug-likeness (QED) is 0.681. The summed E-state index contributed by atoms with van der Waals surface area (Å²) in [5, 5.41) is 7.95. The van der Waals surface area contributed by atoms with Crippen molar-refractivity contribution in [1.82, 2.24) is 4.98 Å². The van der Waals surface area contributed by atoms with E-state index in [0.717, 1.165) is 17.0 Å². The number of benzene rings is 1. The Labute approximate surface area is 119 Å². The fourth-order valence-electron chi connectivity index (χ4n) is 1.95. The predicted molar refractivity (Wildman–Crippen MR) is 76.3 cm³/mol. The van der Waals surface area contributed by atoms with E-state index in [9.17, 15) is 13.2 Å². The van der Waals surface area contributed by atoms with Gasteiger partial charge in [-0.2, -0.15) is 0 Å². The zero-order valence-electron chi connectivity index (χ0n) is 10.7. The number of aromatic amines is 1. The zero-order valence-corrected chi connectivity index (χ0v) is 11.5. The average Bonchev–Trinajstić information content (AvgIpc) is 3.05. The highest BCUT2D eigenvalue weighted by Gasteiger charge is 2.18. The van der Waals surface area contributed by atoms with Gasteiger partial charge in [0, 0.05) is 17.1 Å². The van der Waals surface area contributed by atoms with Crippen molar-refractivity contribution >= 4 is 32.5 Å². The highest BCUT2D eigenvalue weighted by atomic mass is 32.2. The number of H-pyrrole nitrogens is 1. The minimum absolute atomic E-state index is 0.135. The number of sulfonamides is 1. The fourth-order valence-corrected chi connectivity index (χ4v) is 2.42. The van der Waals surface area contributed by atoms with Crippen LogP contribution in [0.4, 0.5) is 5.69 Å². The molecule has 2 aromatic heterocycles. The largest absolute Gasteiger partial charge is 0.438 e. The molecule has 1 amide bonds. The van der Waals surface area contributed by atoms with E-state index in [1.54, 1.807) is 6.20 Å². The highest BCUT2D eigenvalue weighted by molar-refractivity contribution is 7.89. The van der Waals surface area contributed by atoms with Crippen LogP contribution in [0, 0.1) is 0 Å². The summed E-state index contributed by atoms with van der Waals surface area (Å²) in [7, 11) is -3.97. The molecule has 0 aliphatic rings. The van der Waals surface area contributed by atoms with Crippen LogP contribution in [-0.4, -0.2) is 19.3 Å². The van der Waals surface area contributed by atoms with Crippen molar-refractivity contribution in [2.45, 2.75) is 5.09 Å². The van der Waals surface area contributed by atoms with Crippen LogP contribution in [0.25, 0.3) is 10.9 Å². The summed E-state index contributed by atoms with van der Waals surface area (Å²) in [6, 6.07) is 9.83. The van der Waals surface area contributed by atoms with Crippen molar-refractivity contribution in [3.05, 3.63) is 48.4 Å². The molecule has 1 aromatic carbocycles. The lowest BCUT2D eigenvalue weighted by atomic mass is 10.2. The summed E-state index contributed by atoms with van der Waals surface area (Å²) in [5.74, 6) is -0.695. The van der Waals surface area contributed by atoms with Gasteiger partial charge >= 0.3 is 0 Å². The van der Waals surface area contributed by atoms with Crippen molar-refractivity contribution in [3.63, 3.8) is 0 Å². The molecule has 8 heteroatoms. The number of nitrogens with one attached hydrogen (secondary N) is 2. The molecule has 0 spiro atoms. The molecule has 3 rings (SSSR count). The van der Waals surface area contributed by atoms with Gasteiger partial charge in [0.05, 0.1) is 5.69 Å². The van der Waals surface area contributed by atoms with Gasteiger partial charge in [0.1, 0.15) is 0 Å². The van der Waals surface area contributed by atoms with Gasteiger partial charge in [-0.1, -0.05) is 18.2 Å². The first kappa shape index (κ1) is 13.4. The molecule has 0 saturated carbocycles. The predicted octanol–water partition coefficient (Wildman–Crippen LogP) is 1.66. The maximum atomic E-state index is 12.0. The van der Waals surface area contributed by atoms with Crippen molar-refractivity contribution in [3.8, 4) is 0 Å². The van der Waals surface area contributed by atoms with Crippen LogP contribution in [0.5, 0.6) is 0 Å². The minimum atomic E-state index is -3.97. The number of rotatable bonds is 3. The van der Waals surface area contributed by atoms with Crippen LogP contribution in [0.3, 0.4) is 0 Å². The number of aromatic nitrogens is 1. The standard InChI is InChI=1S/C13H11N3O4S/c14-21(18,19)12-6-5-11(20-12)13(17)16-10-7-15-9-4-2-1-3-8(9)10/h1-7,15H,(H,16,17)(H2,14,18,19). The Kier molecular flexibility index (Phi) is 3.04. The van der Waals surface area contributed by atoms with E-state index in [-0.39, 0.29) is 5.76 Å². The topological polar surface area (TPSA) is 118 Å². The first-order chi connectivity index (χ1) is 9.95. The number of nitrogens with two attached hydrogens (primary N) is 1. The molecular weight excluding hydrogens is 294 g/mol. The molecule has 0 fully saturated rings. The third-order valence-electron chi connectivity index (χ3n) is 2.92. The molecule has 4 N–H and O–H groups in total. The van der Waals surface area contributed by atoms with Crippen molar-refractivity contribution in [2.75, 3.05) is 5.32 Å². The van der Waals surface area contributed by atoms with Crippen LogP contribution >= 0.6 is 0 Å². The fraction of sp³-hybridized carbons (Fsp3) is 0. The van der Waals surface area contributed by atoms with Gasteiger partial charge < -0.3 is 14.7 Å². The Balaban J connectivity index is 1.88. The number of hydrogen-bond acceptors (Lipinski definition) is 4. The molecule has 108 valence electrons. The molecular formula is C13H11N3O4S. The second-order valence-electron chi connectivity index (χ2n) is 4.37. The molecule has 0 aliphatic carbocycles. The molecule has 7 nitrogen and oxygen atoms in total. The molecule has 3 aromatic rings. The number of fused-ring (bicyclic) bond motifs is 1. The van der Waals surface area contributed by atoms with Crippen LogP contribution < -0.4 is 10.5 Å². The van der Waals surface area contributed by atoms with Gasteiger partial charge in [-0.15, -0.1) is 0 Å². The van der Waals surface area contributed by atoms with E-state index >= 15 is 0 Å². The van der Waals surface area contributed by atoms with Crippen molar-refractivity contribution < 1.29 is 17.6 Å². The van der Waals surface area contributed by atoms with E-state index < -0.39 is 21.0 Å². The molecule has 0 unspecified atom stereocenters. The van der Waals surface area contributed by atoms with E-state index in [1.807, 2.05) is 24.3 Å². The van der Waals surface area contributed by atoms with Crippen LogP contribution in [0.15, 0.2) is 52.1 Å². The minimum Gasteiger partial charge on any atom is -0.438 e. The first-order valence-electron chi connectivity index (χ1n) is 5.95. The first-order valence-corrected chi connectivity index (χ1v) is 7.50. The lowest BCUT2D eigenvalue weighted by Gasteiger charge is -2.01. The number of furan rings is 1. The molecule has 0 bridgehead atoms. The van der Waals surface area contributed by atoms with Gasteiger partial charge in [0.15, 0.2) is 5.76 Å². The second-order valence-corrected chi connectivity index (χ2v) is 5.86. The van der Waals surface area contributed by atoms with Crippen molar-refractivity contribution in [1.29, 1.82) is 0 Å². The lowest BCUT2D eigenvalue weighted by molar-refractivity contribution is 0.0992. The number of hydrogen-bond donors (Lipinski definition) is 3. The smallest absolute Gasteiger partial charge is 0.291 e. The Bertz CT molecular complexity index is 924. The van der Waals surface area contributed by atoms with Gasteiger partial charge in [0.2, 0.25) is 5.09 Å². The number of amides is 1. The number of carbonyl (C=O) groups is 1. The van der Waals surface area contributed by atoms with Crippen LogP contribution in [0.2, 0.25) is 0 Å². The SMILES string of the molecule is NS(=O)(=O)c1ccc(C(=O)Nc2c[nH]c3ccccc23)o1. The average molecular weight is 305 g/mol. The van der Waals surface area contributed by atoms with Crippen LogP contribution in [-0.2, 0) is 10.0 Å². The summed E-state index contributed by atoms with van der Waals surface area (Å²) in [4.78, 5) is 15.1. The van der Waals surface area contributed by atoms with Gasteiger partial charge in [-0.3, -0.25) is 4.79 Å². The Morgan fingerprint density at radius 1 is 1.19 bits per heavy atom. The summed E-state index contributed by atoms with van der Waals surface area (Å²) >= 11 is 0. The maximum absolute atomic E-state index is 12.0. The summed E-state index contributed by atoms with van der Waals surface area (Å²) in [6.07, 6.45) is 1.64. The summed E-state index contributed by atoms with van der Waals surface area (Å²) < 4.78 is 27.2. The second kappa shape index (κ2) is 4.76. The van der Waals surface area contributed by atoms with Gasteiger partial charge in [-0.05, 0) is 18.2 Å². The Hall–Kier alpha value is -2.58. The Morgan fingerprint density at radius 3 is 2.67 bits per heavy atom. The normalized spacial score (nSPS) is 11.7. The van der Waals surface area contributed by atoms with E-state index in [2.05, 4.69) is 10.3 Å². The highest BCUT2D eigenvalue weighted by Crippen LogP contribution is 2.23. The third-order valence-corrected chi connectivity index (χ3v) is 3.70. The Morgan fingerprint density at radius 2 is 1.95 bits per heavy atom. The molecule has 0 atom stereocenters. The van der Waals surface area contributed by atoms with Gasteiger partial charge in [-0.25, -0.2) is 13.6 Å². The number of anilines is 1. The van der Waals surface area contributed by atoms with E-state index in [0.29, 0.717) is 5.69 Å². The lowest BCUT2D eigenvalue weighted by Crippen LogP contribution is -2.12.